The fourth-order valence-electron chi connectivity index (χ4n) is 3.65. The summed E-state index contributed by atoms with van der Waals surface area (Å²) in [5.41, 5.74) is 4.25. The molecule has 5 aromatic rings. The highest BCUT2D eigenvalue weighted by Gasteiger charge is 2.16. The summed E-state index contributed by atoms with van der Waals surface area (Å²) in [4.78, 5) is 17.3. The number of nitrogens with zero attached hydrogens (tertiary/aromatic N) is 1. The number of aromatic nitrogens is 1. The van der Waals surface area contributed by atoms with E-state index in [0.29, 0.717) is 45.0 Å². The lowest BCUT2D eigenvalue weighted by Gasteiger charge is -2.07. The van der Waals surface area contributed by atoms with Crippen LogP contribution >= 0.6 is 11.6 Å². The molecule has 0 bridgehead atoms. The van der Waals surface area contributed by atoms with Gasteiger partial charge in [0.15, 0.2) is 22.8 Å². The van der Waals surface area contributed by atoms with Crippen LogP contribution in [0, 0.1) is 6.92 Å². The number of furan rings is 1. The minimum atomic E-state index is -0.377. The van der Waals surface area contributed by atoms with Crippen molar-refractivity contribution in [3.8, 4) is 34.3 Å². The molecule has 0 saturated carbocycles. The molecule has 8 heteroatoms. The van der Waals surface area contributed by atoms with Gasteiger partial charge in [0.25, 0.3) is 5.91 Å². The molecule has 1 N–H and O–H groups in total. The largest absolute Gasteiger partial charge is 0.493 e. The van der Waals surface area contributed by atoms with Crippen molar-refractivity contribution in [1.29, 1.82) is 0 Å². The van der Waals surface area contributed by atoms with Crippen LogP contribution in [-0.4, -0.2) is 25.1 Å². The van der Waals surface area contributed by atoms with Gasteiger partial charge < -0.3 is 23.6 Å². The fourth-order valence-corrected chi connectivity index (χ4v) is 3.83. The summed E-state index contributed by atoms with van der Waals surface area (Å²) in [5.74, 6) is 1.98. The first kappa shape index (κ1) is 22.6. The van der Waals surface area contributed by atoms with E-state index in [2.05, 4.69) is 10.3 Å². The summed E-state index contributed by atoms with van der Waals surface area (Å²) in [6.45, 7) is 1.93. The number of rotatable bonds is 6. The van der Waals surface area contributed by atoms with Crippen LogP contribution in [0.5, 0.6) is 11.5 Å². The maximum absolute atomic E-state index is 12.8. The SMILES string of the molecule is COc1ccc(-c2nc3cc(NC(=O)c4ccc(-c5ccc(C)c(Cl)c5)o4)ccc3o2)cc1OC. The molecule has 0 radical (unpaired) electrons. The second kappa shape index (κ2) is 9.19. The number of nitrogens with one attached hydrogen (secondary N) is 1. The van der Waals surface area contributed by atoms with E-state index in [1.165, 1.54) is 0 Å². The molecule has 3 aromatic carbocycles. The Morgan fingerprint density at radius 1 is 0.886 bits per heavy atom. The summed E-state index contributed by atoms with van der Waals surface area (Å²) < 4.78 is 22.3. The molecule has 0 saturated heterocycles. The first-order chi connectivity index (χ1) is 16.9. The third kappa shape index (κ3) is 4.46. The maximum Gasteiger partial charge on any atom is 0.291 e. The highest BCUT2D eigenvalue weighted by Crippen LogP contribution is 2.34. The van der Waals surface area contributed by atoms with Crippen LogP contribution in [0.25, 0.3) is 33.9 Å². The molecule has 0 fully saturated rings. The Hall–Kier alpha value is -4.23. The second-order valence-electron chi connectivity index (χ2n) is 7.85. The molecule has 176 valence electrons. The zero-order chi connectivity index (χ0) is 24.5. The summed E-state index contributed by atoms with van der Waals surface area (Å²) in [6, 6.07) is 19.6. The number of halogens is 1. The van der Waals surface area contributed by atoms with Crippen LogP contribution in [0.4, 0.5) is 5.69 Å². The number of amides is 1. The molecule has 0 unspecified atom stereocenters. The summed E-state index contributed by atoms with van der Waals surface area (Å²) >= 11 is 6.21. The van der Waals surface area contributed by atoms with Crippen molar-refractivity contribution in [3.63, 3.8) is 0 Å². The zero-order valence-electron chi connectivity index (χ0n) is 19.2. The molecule has 35 heavy (non-hydrogen) atoms. The molecule has 0 aliphatic heterocycles. The Morgan fingerprint density at radius 3 is 2.46 bits per heavy atom. The highest BCUT2D eigenvalue weighted by molar-refractivity contribution is 6.31. The molecule has 0 aliphatic carbocycles. The van der Waals surface area contributed by atoms with Gasteiger partial charge in [0.2, 0.25) is 5.89 Å². The van der Waals surface area contributed by atoms with Crippen LogP contribution in [0.3, 0.4) is 0 Å². The first-order valence-electron chi connectivity index (χ1n) is 10.8. The van der Waals surface area contributed by atoms with Gasteiger partial charge in [-0.25, -0.2) is 4.98 Å². The van der Waals surface area contributed by atoms with Crippen molar-refractivity contribution in [1.82, 2.24) is 4.98 Å². The van der Waals surface area contributed by atoms with Crippen LogP contribution in [0.2, 0.25) is 5.02 Å². The van der Waals surface area contributed by atoms with E-state index in [1.54, 1.807) is 56.7 Å². The summed E-state index contributed by atoms with van der Waals surface area (Å²) in [6.07, 6.45) is 0. The average molecular weight is 489 g/mol. The number of anilines is 1. The highest BCUT2D eigenvalue weighted by atomic mass is 35.5. The van der Waals surface area contributed by atoms with Gasteiger partial charge >= 0.3 is 0 Å². The Bertz CT molecular complexity index is 1550. The molecule has 0 aliphatic rings. The van der Waals surface area contributed by atoms with Crippen LogP contribution in [0.1, 0.15) is 16.1 Å². The Kier molecular flexibility index (Phi) is 5.93. The van der Waals surface area contributed by atoms with E-state index in [-0.39, 0.29) is 11.7 Å². The van der Waals surface area contributed by atoms with Gasteiger partial charge in [-0.2, -0.15) is 0 Å². The van der Waals surface area contributed by atoms with E-state index in [1.807, 2.05) is 31.2 Å². The molecule has 2 aromatic heterocycles. The third-order valence-corrected chi connectivity index (χ3v) is 5.97. The average Bonchev–Trinajstić information content (AvgIpc) is 3.53. The van der Waals surface area contributed by atoms with E-state index >= 15 is 0 Å². The van der Waals surface area contributed by atoms with E-state index in [4.69, 9.17) is 29.9 Å². The zero-order valence-corrected chi connectivity index (χ0v) is 20.0. The number of hydrogen-bond acceptors (Lipinski definition) is 6. The van der Waals surface area contributed by atoms with E-state index < -0.39 is 0 Å². The van der Waals surface area contributed by atoms with Crippen LogP contribution in [-0.2, 0) is 0 Å². The van der Waals surface area contributed by atoms with Crippen molar-refractivity contribution < 1.29 is 23.1 Å². The maximum atomic E-state index is 12.8. The van der Waals surface area contributed by atoms with E-state index in [0.717, 1.165) is 16.7 Å². The minimum absolute atomic E-state index is 0.183. The van der Waals surface area contributed by atoms with Gasteiger partial charge in [-0.05, 0) is 67.1 Å². The Morgan fingerprint density at radius 2 is 1.69 bits per heavy atom. The van der Waals surface area contributed by atoms with Crippen molar-refractivity contribution in [2.24, 2.45) is 0 Å². The number of benzene rings is 3. The fraction of sp³-hybridized carbons (Fsp3) is 0.111. The van der Waals surface area contributed by atoms with Crippen molar-refractivity contribution in [3.05, 3.63) is 83.1 Å². The standard InChI is InChI=1S/C27H21ClN2O5/c1-15-4-5-16(12-19(15)28)21-10-11-24(34-21)26(31)29-18-7-9-22-20(14-18)30-27(35-22)17-6-8-23(32-2)25(13-17)33-3/h4-14H,1-3H3,(H,29,31). The lowest BCUT2D eigenvalue weighted by Crippen LogP contribution is -2.10. The molecule has 7 nitrogen and oxygen atoms in total. The van der Waals surface area contributed by atoms with Gasteiger partial charge in [-0.1, -0.05) is 23.7 Å². The number of methoxy groups -OCH3 is 2. The number of fused-ring (bicyclic) bond motifs is 1. The van der Waals surface area contributed by atoms with Gasteiger partial charge in [-0.15, -0.1) is 0 Å². The lowest BCUT2D eigenvalue weighted by atomic mass is 10.1. The molecular weight excluding hydrogens is 468 g/mol. The number of carbonyl (C=O) groups is 1. The molecular formula is C27H21ClN2O5. The quantitative estimate of drug-likeness (QED) is 0.277. The molecule has 0 atom stereocenters. The van der Waals surface area contributed by atoms with Crippen LogP contribution in [0.15, 0.2) is 75.6 Å². The van der Waals surface area contributed by atoms with Gasteiger partial charge in [0, 0.05) is 21.8 Å². The van der Waals surface area contributed by atoms with Crippen molar-refractivity contribution >= 4 is 34.3 Å². The van der Waals surface area contributed by atoms with E-state index in [9.17, 15) is 4.79 Å². The Labute approximate surface area is 206 Å². The number of ether oxygens (including phenoxy) is 2. The normalized spacial score (nSPS) is 11.0. The predicted molar refractivity (Wildman–Crippen MR) is 134 cm³/mol. The summed E-state index contributed by atoms with van der Waals surface area (Å²) in [5, 5.41) is 3.48. The first-order valence-corrected chi connectivity index (χ1v) is 11.1. The summed E-state index contributed by atoms with van der Waals surface area (Å²) in [7, 11) is 3.15. The number of oxazole rings is 1. The van der Waals surface area contributed by atoms with Gasteiger partial charge in [0.1, 0.15) is 11.3 Å². The minimum Gasteiger partial charge on any atom is -0.493 e. The number of carbonyl (C=O) groups excluding carboxylic acids is 1. The molecule has 1 amide bonds. The third-order valence-electron chi connectivity index (χ3n) is 5.56. The van der Waals surface area contributed by atoms with Crippen LogP contribution < -0.4 is 14.8 Å². The molecule has 0 spiro atoms. The lowest BCUT2D eigenvalue weighted by molar-refractivity contribution is 0.0997. The topological polar surface area (TPSA) is 86.7 Å². The van der Waals surface area contributed by atoms with Crippen molar-refractivity contribution in [2.45, 2.75) is 6.92 Å². The smallest absolute Gasteiger partial charge is 0.291 e. The number of hydrogen-bond donors (Lipinski definition) is 1. The molecule has 5 rings (SSSR count). The van der Waals surface area contributed by atoms with Crippen molar-refractivity contribution in [2.75, 3.05) is 19.5 Å². The number of aryl methyl sites for hydroxylation is 1. The van der Waals surface area contributed by atoms with Gasteiger partial charge in [-0.3, -0.25) is 4.79 Å². The monoisotopic (exact) mass is 488 g/mol. The Balaban J connectivity index is 1.36. The molecule has 2 heterocycles. The predicted octanol–water partition coefficient (Wildman–Crippen LogP) is 6.99. The van der Waals surface area contributed by atoms with Gasteiger partial charge in [0.05, 0.1) is 14.2 Å². The second-order valence-corrected chi connectivity index (χ2v) is 8.26.